The highest BCUT2D eigenvalue weighted by atomic mass is 14.5. The van der Waals surface area contributed by atoms with E-state index in [9.17, 15) is 0 Å². The molecule has 0 heterocycles. The number of allylic oxidation sites excluding steroid dienone is 2. The van der Waals surface area contributed by atoms with Gasteiger partial charge in [-0.2, -0.15) is 0 Å². The van der Waals surface area contributed by atoms with E-state index < -0.39 is 0 Å². The van der Waals surface area contributed by atoms with Crippen molar-refractivity contribution in [1.82, 2.24) is 0 Å². The number of hydrogen-bond acceptors (Lipinski definition) is 0. The monoisotopic (exact) mass is 162 g/mol. The van der Waals surface area contributed by atoms with Crippen molar-refractivity contribution in [3.05, 3.63) is 12.2 Å². The van der Waals surface area contributed by atoms with E-state index >= 15 is 0 Å². The molecule has 3 rings (SSSR count). The van der Waals surface area contributed by atoms with Gasteiger partial charge in [-0.05, 0) is 42.9 Å². The summed E-state index contributed by atoms with van der Waals surface area (Å²) in [6, 6.07) is 0. The molecule has 0 aromatic heterocycles. The van der Waals surface area contributed by atoms with Gasteiger partial charge in [0.15, 0.2) is 0 Å². The molecule has 0 radical (unpaired) electrons. The van der Waals surface area contributed by atoms with Crippen molar-refractivity contribution in [3.8, 4) is 0 Å². The van der Waals surface area contributed by atoms with Gasteiger partial charge in [0.2, 0.25) is 0 Å². The van der Waals surface area contributed by atoms with Crippen LogP contribution in [-0.4, -0.2) is 0 Å². The lowest BCUT2D eigenvalue weighted by molar-refractivity contribution is 0.292. The maximum atomic E-state index is 2.51. The largest absolute Gasteiger partial charge is 0.0848 e. The topological polar surface area (TPSA) is 0 Å². The lowest BCUT2D eigenvalue weighted by Gasteiger charge is -2.25. The van der Waals surface area contributed by atoms with Gasteiger partial charge in [0.05, 0.1) is 0 Å². The predicted molar refractivity (Wildman–Crippen MR) is 50.8 cm³/mol. The highest BCUT2D eigenvalue weighted by Gasteiger charge is 2.43. The van der Waals surface area contributed by atoms with E-state index in [4.69, 9.17) is 0 Å². The first-order chi connectivity index (χ1) is 5.95. The minimum absolute atomic E-state index is 0.998. The maximum Gasteiger partial charge on any atom is -0.0196 e. The molecule has 3 aliphatic carbocycles. The molecule has 0 unspecified atom stereocenters. The summed E-state index contributed by atoms with van der Waals surface area (Å²) in [4.78, 5) is 0. The van der Waals surface area contributed by atoms with Gasteiger partial charge in [0, 0.05) is 0 Å². The van der Waals surface area contributed by atoms with Crippen LogP contribution >= 0.6 is 0 Å². The minimum Gasteiger partial charge on any atom is -0.0848 e. The maximum absolute atomic E-state index is 2.51. The van der Waals surface area contributed by atoms with Crippen LogP contribution in [0.4, 0.5) is 0 Å². The first-order valence-electron chi connectivity index (χ1n) is 5.63. The third-order valence-corrected chi connectivity index (χ3v) is 4.37. The van der Waals surface area contributed by atoms with Crippen molar-refractivity contribution in [1.29, 1.82) is 0 Å². The Kier molecular flexibility index (Phi) is 1.56. The first kappa shape index (κ1) is 7.17. The minimum atomic E-state index is 0.998. The van der Waals surface area contributed by atoms with Gasteiger partial charge < -0.3 is 0 Å². The Morgan fingerprint density at radius 3 is 1.92 bits per heavy atom. The Morgan fingerprint density at radius 1 is 0.750 bits per heavy atom. The van der Waals surface area contributed by atoms with E-state index in [1.165, 1.54) is 38.5 Å². The number of hydrogen-bond donors (Lipinski definition) is 0. The Bertz CT molecular complexity index is 184. The quantitative estimate of drug-likeness (QED) is 0.479. The molecule has 0 spiro atoms. The van der Waals surface area contributed by atoms with E-state index in [-0.39, 0.29) is 0 Å². The van der Waals surface area contributed by atoms with Crippen molar-refractivity contribution in [3.63, 3.8) is 0 Å². The third-order valence-electron chi connectivity index (χ3n) is 4.37. The molecule has 4 atom stereocenters. The molecule has 0 heteroatoms. The Labute approximate surface area is 75.0 Å². The molecule has 0 saturated heterocycles. The summed E-state index contributed by atoms with van der Waals surface area (Å²) in [5.41, 5.74) is 0. The van der Waals surface area contributed by atoms with Crippen molar-refractivity contribution >= 4 is 0 Å². The van der Waals surface area contributed by atoms with Gasteiger partial charge in [-0.1, -0.05) is 31.4 Å². The summed E-state index contributed by atoms with van der Waals surface area (Å²) >= 11 is 0. The second-order valence-electron chi connectivity index (χ2n) is 4.91. The van der Waals surface area contributed by atoms with E-state index in [0.717, 1.165) is 23.7 Å². The summed E-state index contributed by atoms with van der Waals surface area (Å²) in [6.07, 6.45) is 14.1. The SMILES string of the molecule is C1=C[C@H]2C[C@@H]1[C@H]1CCCCC[C@@H]12. The summed E-state index contributed by atoms with van der Waals surface area (Å²) in [5.74, 6) is 4.20. The van der Waals surface area contributed by atoms with Crippen LogP contribution in [0.3, 0.4) is 0 Å². The molecule has 2 saturated carbocycles. The molecule has 2 fully saturated rings. The second kappa shape index (κ2) is 2.61. The van der Waals surface area contributed by atoms with Crippen LogP contribution in [0.5, 0.6) is 0 Å². The lowest BCUT2D eigenvalue weighted by Crippen LogP contribution is -2.17. The summed E-state index contributed by atoms with van der Waals surface area (Å²) in [6.45, 7) is 0. The molecule has 0 amide bonds. The van der Waals surface area contributed by atoms with Gasteiger partial charge in [-0.3, -0.25) is 0 Å². The van der Waals surface area contributed by atoms with Crippen molar-refractivity contribution < 1.29 is 0 Å². The molecule has 3 aliphatic rings. The lowest BCUT2D eigenvalue weighted by atomic mass is 9.80. The summed E-state index contributed by atoms with van der Waals surface area (Å²) < 4.78 is 0. The van der Waals surface area contributed by atoms with Crippen LogP contribution in [0, 0.1) is 23.7 Å². The van der Waals surface area contributed by atoms with Crippen LogP contribution in [0.15, 0.2) is 12.2 Å². The fourth-order valence-electron chi connectivity index (χ4n) is 3.82. The zero-order valence-electron chi connectivity index (χ0n) is 7.71. The van der Waals surface area contributed by atoms with E-state index in [1.807, 2.05) is 0 Å². The Morgan fingerprint density at radius 2 is 1.33 bits per heavy atom. The van der Waals surface area contributed by atoms with Gasteiger partial charge >= 0.3 is 0 Å². The normalized spacial score (nSPS) is 50.7. The Balaban J connectivity index is 1.86. The standard InChI is InChI=1S/C12H18/c1-2-4-11-9-6-7-10(8-9)12(11)5-3-1/h6-7,9-12H,1-5,8H2/t9-,10+,11-,12-/m1/s1. The zero-order chi connectivity index (χ0) is 7.97. The number of fused-ring (bicyclic) bond motifs is 5. The predicted octanol–water partition coefficient (Wildman–Crippen LogP) is 3.39. The Hall–Kier alpha value is -0.260. The molecular weight excluding hydrogens is 144 g/mol. The third kappa shape index (κ3) is 0.901. The summed E-state index contributed by atoms with van der Waals surface area (Å²) in [7, 11) is 0. The average molecular weight is 162 g/mol. The fourth-order valence-corrected chi connectivity index (χ4v) is 3.82. The highest BCUT2D eigenvalue weighted by molar-refractivity contribution is 5.13. The average Bonchev–Trinajstić information content (AvgIpc) is 2.58. The molecule has 12 heavy (non-hydrogen) atoms. The molecule has 0 aromatic carbocycles. The zero-order valence-corrected chi connectivity index (χ0v) is 7.71. The van der Waals surface area contributed by atoms with Crippen molar-refractivity contribution in [2.45, 2.75) is 38.5 Å². The highest BCUT2D eigenvalue weighted by Crippen LogP contribution is 2.52. The molecule has 2 bridgehead atoms. The number of rotatable bonds is 0. The van der Waals surface area contributed by atoms with E-state index in [0.29, 0.717) is 0 Å². The van der Waals surface area contributed by atoms with E-state index in [2.05, 4.69) is 12.2 Å². The molecular formula is C12H18. The molecule has 0 nitrogen and oxygen atoms in total. The van der Waals surface area contributed by atoms with Gasteiger partial charge in [-0.25, -0.2) is 0 Å². The van der Waals surface area contributed by atoms with Crippen LogP contribution in [0.1, 0.15) is 38.5 Å². The van der Waals surface area contributed by atoms with Crippen LogP contribution in [0.2, 0.25) is 0 Å². The second-order valence-corrected chi connectivity index (χ2v) is 4.91. The molecule has 0 aromatic rings. The molecule has 0 aliphatic heterocycles. The van der Waals surface area contributed by atoms with Crippen LogP contribution in [0.25, 0.3) is 0 Å². The summed E-state index contributed by atoms with van der Waals surface area (Å²) in [5, 5.41) is 0. The van der Waals surface area contributed by atoms with Gasteiger partial charge in [-0.15, -0.1) is 0 Å². The van der Waals surface area contributed by atoms with Gasteiger partial charge in [0.1, 0.15) is 0 Å². The first-order valence-corrected chi connectivity index (χ1v) is 5.63. The van der Waals surface area contributed by atoms with Crippen molar-refractivity contribution in [2.24, 2.45) is 23.7 Å². The van der Waals surface area contributed by atoms with Crippen LogP contribution in [-0.2, 0) is 0 Å². The van der Waals surface area contributed by atoms with Crippen molar-refractivity contribution in [2.75, 3.05) is 0 Å². The van der Waals surface area contributed by atoms with Crippen LogP contribution < -0.4 is 0 Å². The smallest absolute Gasteiger partial charge is 0.0196 e. The molecule has 66 valence electrons. The fraction of sp³-hybridized carbons (Fsp3) is 0.833. The van der Waals surface area contributed by atoms with E-state index in [1.54, 1.807) is 0 Å². The molecule has 0 N–H and O–H groups in total. The van der Waals surface area contributed by atoms with Gasteiger partial charge in [0.25, 0.3) is 0 Å².